The Bertz CT molecular complexity index is 426. The van der Waals surface area contributed by atoms with Gasteiger partial charge < -0.3 is 10.2 Å². The van der Waals surface area contributed by atoms with Crippen LogP contribution in [0.5, 0.6) is 0 Å². The molecule has 1 saturated heterocycles. The molecule has 3 fully saturated rings. The van der Waals surface area contributed by atoms with Crippen molar-refractivity contribution in [1.29, 1.82) is 0 Å². The van der Waals surface area contributed by atoms with Crippen molar-refractivity contribution in [2.45, 2.75) is 64.5 Å². The Kier molecular flexibility index (Phi) is 3.30. The standard InChI is InChI=1S/C16H26N2O2/c1-10(2)8-13-14(19)17-16(3,12-6-7-12)15(20)18(13)9-11-4-5-11/h10-13H,4-9H2,1-3H3,(H,17,19). The van der Waals surface area contributed by atoms with E-state index >= 15 is 0 Å². The fraction of sp³-hybridized carbons (Fsp3) is 0.875. The van der Waals surface area contributed by atoms with Crippen molar-refractivity contribution < 1.29 is 9.59 Å². The Morgan fingerprint density at radius 1 is 1.25 bits per heavy atom. The van der Waals surface area contributed by atoms with Crippen molar-refractivity contribution in [3.63, 3.8) is 0 Å². The summed E-state index contributed by atoms with van der Waals surface area (Å²) in [5, 5.41) is 3.05. The Hall–Kier alpha value is -1.06. The minimum atomic E-state index is -0.639. The molecule has 0 aromatic heterocycles. The van der Waals surface area contributed by atoms with Crippen molar-refractivity contribution in [2.75, 3.05) is 6.54 Å². The molecule has 0 bridgehead atoms. The van der Waals surface area contributed by atoms with Crippen molar-refractivity contribution in [1.82, 2.24) is 10.2 Å². The van der Waals surface area contributed by atoms with E-state index in [1.165, 1.54) is 12.8 Å². The van der Waals surface area contributed by atoms with E-state index in [1.807, 2.05) is 11.8 Å². The van der Waals surface area contributed by atoms with Gasteiger partial charge in [-0.05, 0) is 56.8 Å². The van der Waals surface area contributed by atoms with Gasteiger partial charge in [-0.1, -0.05) is 13.8 Å². The van der Waals surface area contributed by atoms with E-state index in [9.17, 15) is 9.59 Å². The highest BCUT2D eigenvalue weighted by Crippen LogP contribution is 2.43. The molecule has 4 heteroatoms. The van der Waals surface area contributed by atoms with Crippen LogP contribution in [-0.4, -0.2) is 34.8 Å². The first-order valence-corrected chi connectivity index (χ1v) is 8.05. The zero-order chi connectivity index (χ0) is 14.5. The highest BCUT2D eigenvalue weighted by Gasteiger charge is 2.55. The molecule has 112 valence electrons. The molecule has 1 heterocycles. The van der Waals surface area contributed by atoms with Gasteiger partial charge in [0.2, 0.25) is 11.8 Å². The Morgan fingerprint density at radius 2 is 1.90 bits per heavy atom. The van der Waals surface area contributed by atoms with Crippen LogP contribution in [0.4, 0.5) is 0 Å². The number of rotatable bonds is 5. The van der Waals surface area contributed by atoms with Crippen molar-refractivity contribution in [3.8, 4) is 0 Å². The van der Waals surface area contributed by atoms with Gasteiger partial charge in [0.15, 0.2) is 0 Å². The SMILES string of the molecule is CC(C)CC1C(=O)NC(C)(C2CC2)C(=O)N1CC1CC1. The summed E-state index contributed by atoms with van der Waals surface area (Å²) in [6.45, 7) is 6.94. The van der Waals surface area contributed by atoms with Gasteiger partial charge in [0.25, 0.3) is 0 Å². The predicted octanol–water partition coefficient (Wildman–Crippen LogP) is 1.94. The lowest BCUT2D eigenvalue weighted by Gasteiger charge is -2.45. The molecule has 2 unspecified atom stereocenters. The van der Waals surface area contributed by atoms with Crippen molar-refractivity contribution >= 4 is 11.8 Å². The number of hydrogen-bond acceptors (Lipinski definition) is 2. The van der Waals surface area contributed by atoms with E-state index in [1.54, 1.807) is 0 Å². The summed E-state index contributed by atoms with van der Waals surface area (Å²) in [5.74, 6) is 1.62. The first-order valence-electron chi connectivity index (χ1n) is 8.05. The van der Waals surface area contributed by atoms with Gasteiger partial charge in [-0.3, -0.25) is 9.59 Å². The minimum absolute atomic E-state index is 0.0633. The molecule has 0 spiro atoms. The summed E-state index contributed by atoms with van der Waals surface area (Å²) in [6.07, 6.45) is 5.31. The summed E-state index contributed by atoms with van der Waals surface area (Å²) in [6, 6.07) is -0.255. The maximum Gasteiger partial charge on any atom is 0.249 e. The van der Waals surface area contributed by atoms with Crippen molar-refractivity contribution in [2.24, 2.45) is 17.8 Å². The summed E-state index contributed by atoms with van der Waals surface area (Å²) >= 11 is 0. The van der Waals surface area contributed by atoms with Crippen LogP contribution in [0.2, 0.25) is 0 Å². The van der Waals surface area contributed by atoms with E-state index < -0.39 is 5.54 Å². The fourth-order valence-corrected chi connectivity index (χ4v) is 3.38. The number of hydrogen-bond donors (Lipinski definition) is 1. The summed E-state index contributed by atoms with van der Waals surface area (Å²) in [5.41, 5.74) is -0.639. The second kappa shape index (κ2) is 4.74. The third kappa shape index (κ3) is 2.45. The lowest BCUT2D eigenvalue weighted by Crippen LogP contribution is -2.70. The summed E-state index contributed by atoms with van der Waals surface area (Å²) in [4.78, 5) is 27.4. The number of piperazine rings is 1. The van der Waals surface area contributed by atoms with E-state index in [4.69, 9.17) is 0 Å². The van der Waals surface area contributed by atoms with Gasteiger partial charge in [0.05, 0.1) is 0 Å². The lowest BCUT2D eigenvalue weighted by atomic mass is 9.87. The largest absolute Gasteiger partial charge is 0.340 e. The molecule has 2 aliphatic carbocycles. The van der Waals surface area contributed by atoms with Crippen LogP contribution in [0.15, 0.2) is 0 Å². The van der Waals surface area contributed by atoms with Crippen molar-refractivity contribution in [3.05, 3.63) is 0 Å². The zero-order valence-electron chi connectivity index (χ0n) is 12.8. The highest BCUT2D eigenvalue weighted by molar-refractivity contribution is 6.00. The van der Waals surface area contributed by atoms with Gasteiger partial charge in [-0.2, -0.15) is 0 Å². The molecule has 3 aliphatic rings. The molecule has 20 heavy (non-hydrogen) atoms. The first kappa shape index (κ1) is 13.9. The summed E-state index contributed by atoms with van der Waals surface area (Å²) in [7, 11) is 0. The molecule has 0 radical (unpaired) electrons. The van der Waals surface area contributed by atoms with Crippen LogP contribution in [0.1, 0.15) is 52.9 Å². The zero-order valence-corrected chi connectivity index (χ0v) is 12.8. The molecule has 0 aromatic rings. The predicted molar refractivity (Wildman–Crippen MR) is 77.0 cm³/mol. The van der Waals surface area contributed by atoms with E-state index in [2.05, 4.69) is 19.2 Å². The average Bonchev–Trinajstić information content (AvgIpc) is 3.23. The second-order valence-corrected chi connectivity index (χ2v) is 7.51. The lowest BCUT2D eigenvalue weighted by molar-refractivity contribution is -0.156. The smallest absolute Gasteiger partial charge is 0.249 e. The first-order chi connectivity index (χ1) is 9.41. The Labute approximate surface area is 121 Å². The maximum absolute atomic E-state index is 12.9. The quantitative estimate of drug-likeness (QED) is 0.835. The molecule has 2 saturated carbocycles. The number of carbonyl (C=O) groups is 2. The number of nitrogens with one attached hydrogen (secondary N) is 1. The molecule has 3 rings (SSSR count). The molecule has 0 aromatic carbocycles. The molecule has 2 amide bonds. The van der Waals surface area contributed by atoms with Crippen LogP contribution in [0.25, 0.3) is 0 Å². The number of amides is 2. The van der Waals surface area contributed by atoms with E-state index in [-0.39, 0.29) is 17.9 Å². The molecule has 2 atom stereocenters. The van der Waals surface area contributed by atoms with Gasteiger partial charge in [-0.25, -0.2) is 0 Å². The fourth-order valence-electron chi connectivity index (χ4n) is 3.38. The molecular weight excluding hydrogens is 252 g/mol. The minimum Gasteiger partial charge on any atom is -0.340 e. The normalized spacial score (nSPS) is 34.6. The molecule has 1 aliphatic heterocycles. The van der Waals surface area contributed by atoms with Crippen LogP contribution in [0.3, 0.4) is 0 Å². The number of carbonyl (C=O) groups excluding carboxylic acids is 2. The van der Waals surface area contributed by atoms with Crippen LogP contribution in [-0.2, 0) is 9.59 Å². The Balaban J connectivity index is 1.83. The Morgan fingerprint density at radius 3 is 2.40 bits per heavy atom. The summed E-state index contributed by atoms with van der Waals surface area (Å²) < 4.78 is 0. The highest BCUT2D eigenvalue weighted by atomic mass is 16.2. The maximum atomic E-state index is 12.9. The van der Waals surface area contributed by atoms with Gasteiger partial charge in [0, 0.05) is 6.54 Å². The van der Waals surface area contributed by atoms with Gasteiger partial charge in [-0.15, -0.1) is 0 Å². The van der Waals surface area contributed by atoms with Crippen LogP contribution in [0, 0.1) is 17.8 Å². The van der Waals surface area contributed by atoms with Gasteiger partial charge in [0.1, 0.15) is 11.6 Å². The average molecular weight is 278 g/mol. The third-order valence-electron chi connectivity index (χ3n) is 5.01. The van der Waals surface area contributed by atoms with Crippen LogP contribution < -0.4 is 5.32 Å². The third-order valence-corrected chi connectivity index (χ3v) is 5.01. The number of nitrogens with zero attached hydrogens (tertiary/aromatic N) is 1. The van der Waals surface area contributed by atoms with E-state index in [0.717, 1.165) is 25.8 Å². The van der Waals surface area contributed by atoms with E-state index in [0.29, 0.717) is 17.8 Å². The second-order valence-electron chi connectivity index (χ2n) is 7.51. The monoisotopic (exact) mass is 278 g/mol. The molecular formula is C16H26N2O2. The van der Waals surface area contributed by atoms with Crippen LogP contribution >= 0.6 is 0 Å². The van der Waals surface area contributed by atoms with Gasteiger partial charge >= 0.3 is 0 Å². The topological polar surface area (TPSA) is 49.4 Å². The molecule has 1 N–H and O–H groups in total. The molecule has 4 nitrogen and oxygen atoms in total.